The van der Waals surface area contributed by atoms with Crippen molar-refractivity contribution in [1.29, 1.82) is 0 Å². The van der Waals surface area contributed by atoms with Crippen molar-refractivity contribution in [2.24, 2.45) is 5.92 Å². The third-order valence-electron chi connectivity index (χ3n) is 6.06. The summed E-state index contributed by atoms with van der Waals surface area (Å²) >= 11 is 0. The lowest BCUT2D eigenvalue weighted by atomic mass is 9.94. The Morgan fingerprint density at radius 3 is 2.31 bits per heavy atom. The molecule has 1 saturated heterocycles. The molecule has 1 aliphatic heterocycles. The lowest BCUT2D eigenvalue weighted by molar-refractivity contribution is -0.142. The summed E-state index contributed by atoms with van der Waals surface area (Å²) < 4.78 is 44.9. The van der Waals surface area contributed by atoms with Crippen LogP contribution in [0, 0.1) is 5.92 Å². The molecule has 0 saturated carbocycles. The first-order valence-electron chi connectivity index (χ1n) is 11.7. The number of carbonyl (C=O) groups excluding carboxylic acids is 2. The SMILES string of the molecule is CN(C)CCN(Cc1cccc(C(F)(F)F)c1)C(=O)C1CCN(C(=O)COc2ccccc2)CC1. The zero-order valence-electron chi connectivity index (χ0n) is 20.1. The summed E-state index contributed by atoms with van der Waals surface area (Å²) in [5, 5.41) is 0. The molecule has 6 nitrogen and oxygen atoms in total. The van der Waals surface area contributed by atoms with Crippen LogP contribution in [0.2, 0.25) is 0 Å². The number of piperidine rings is 1. The van der Waals surface area contributed by atoms with Gasteiger partial charge in [0.15, 0.2) is 6.61 Å². The molecular weight excluding hydrogens is 459 g/mol. The van der Waals surface area contributed by atoms with E-state index < -0.39 is 11.7 Å². The second-order valence-electron chi connectivity index (χ2n) is 9.02. The highest BCUT2D eigenvalue weighted by atomic mass is 19.4. The molecule has 35 heavy (non-hydrogen) atoms. The lowest BCUT2D eigenvalue weighted by Crippen LogP contribution is -2.46. The number of para-hydroxylation sites is 1. The molecule has 1 fully saturated rings. The van der Waals surface area contributed by atoms with Crippen LogP contribution >= 0.6 is 0 Å². The first kappa shape index (κ1) is 26.5. The molecule has 0 bridgehead atoms. The Kier molecular flexibility index (Phi) is 9.14. The number of alkyl halides is 3. The van der Waals surface area contributed by atoms with Gasteiger partial charge in [0.05, 0.1) is 5.56 Å². The molecule has 0 atom stereocenters. The van der Waals surface area contributed by atoms with E-state index in [1.165, 1.54) is 6.07 Å². The van der Waals surface area contributed by atoms with Crippen LogP contribution in [0.15, 0.2) is 54.6 Å². The molecule has 1 aliphatic rings. The van der Waals surface area contributed by atoms with Crippen molar-refractivity contribution in [3.8, 4) is 5.75 Å². The number of benzene rings is 2. The van der Waals surface area contributed by atoms with E-state index >= 15 is 0 Å². The van der Waals surface area contributed by atoms with Crippen molar-refractivity contribution in [3.63, 3.8) is 0 Å². The van der Waals surface area contributed by atoms with Crippen LogP contribution in [0.3, 0.4) is 0 Å². The fourth-order valence-electron chi connectivity index (χ4n) is 4.04. The Morgan fingerprint density at radius 1 is 1.00 bits per heavy atom. The van der Waals surface area contributed by atoms with Crippen molar-refractivity contribution in [1.82, 2.24) is 14.7 Å². The molecule has 0 radical (unpaired) electrons. The average Bonchev–Trinajstić information content (AvgIpc) is 2.85. The van der Waals surface area contributed by atoms with Crippen molar-refractivity contribution in [2.45, 2.75) is 25.6 Å². The van der Waals surface area contributed by atoms with Gasteiger partial charge in [-0.05, 0) is 56.8 Å². The molecule has 0 aromatic heterocycles. The van der Waals surface area contributed by atoms with Crippen LogP contribution in [0.5, 0.6) is 5.75 Å². The van der Waals surface area contributed by atoms with Crippen LogP contribution in [-0.4, -0.2) is 73.4 Å². The van der Waals surface area contributed by atoms with Gasteiger partial charge in [-0.15, -0.1) is 0 Å². The van der Waals surface area contributed by atoms with E-state index in [-0.39, 0.29) is 30.9 Å². The summed E-state index contributed by atoms with van der Waals surface area (Å²) in [6, 6.07) is 14.2. The largest absolute Gasteiger partial charge is 0.484 e. The number of rotatable bonds is 9. The molecular formula is C26H32F3N3O3. The normalized spacial score (nSPS) is 14.7. The lowest BCUT2D eigenvalue weighted by Gasteiger charge is -2.34. The van der Waals surface area contributed by atoms with Crippen LogP contribution < -0.4 is 4.74 Å². The van der Waals surface area contributed by atoms with Crippen molar-refractivity contribution >= 4 is 11.8 Å². The maximum Gasteiger partial charge on any atom is 0.416 e. The van der Waals surface area contributed by atoms with E-state index in [9.17, 15) is 22.8 Å². The minimum absolute atomic E-state index is 0.0624. The summed E-state index contributed by atoms with van der Waals surface area (Å²) in [6.45, 7) is 1.94. The third-order valence-corrected chi connectivity index (χ3v) is 6.06. The van der Waals surface area contributed by atoms with Crippen molar-refractivity contribution < 1.29 is 27.5 Å². The Labute approximate surface area is 204 Å². The molecule has 0 spiro atoms. The number of amides is 2. The van der Waals surface area contributed by atoms with Crippen molar-refractivity contribution in [2.75, 3.05) is 46.9 Å². The maximum atomic E-state index is 13.3. The number of nitrogens with zero attached hydrogens (tertiary/aromatic N) is 3. The number of likely N-dealkylation sites (N-methyl/N-ethyl adjacent to an activating group) is 1. The molecule has 1 heterocycles. The summed E-state index contributed by atoms with van der Waals surface area (Å²) in [5.74, 6) is 0.129. The highest BCUT2D eigenvalue weighted by Crippen LogP contribution is 2.30. The van der Waals surface area contributed by atoms with Crippen LogP contribution in [0.25, 0.3) is 0 Å². The smallest absolute Gasteiger partial charge is 0.416 e. The molecule has 9 heteroatoms. The van der Waals surface area contributed by atoms with E-state index in [1.54, 1.807) is 28.0 Å². The average molecular weight is 492 g/mol. The quantitative estimate of drug-likeness (QED) is 0.534. The van der Waals surface area contributed by atoms with Gasteiger partial charge in [0.25, 0.3) is 5.91 Å². The molecule has 3 rings (SSSR count). The minimum atomic E-state index is -4.43. The number of hydrogen-bond donors (Lipinski definition) is 0. The van der Waals surface area contributed by atoms with Gasteiger partial charge in [-0.25, -0.2) is 0 Å². The van der Waals surface area contributed by atoms with Gasteiger partial charge in [0, 0.05) is 38.6 Å². The number of likely N-dealkylation sites (tertiary alicyclic amines) is 1. The molecule has 190 valence electrons. The predicted molar refractivity (Wildman–Crippen MR) is 127 cm³/mol. The molecule has 2 aromatic carbocycles. The summed E-state index contributed by atoms with van der Waals surface area (Å²) in [6.07, 6.45) is -3.41. The zero-order valence-corrected chi connectivity index (χ0v) is 20.1. The fourth-order valence-corrected chi connectivity index (χ4v) is 4.04. The van der Waals surface area contributed by atoms with Gasteiger partial charge in [-0.1, -0.05) is 30.3 Å². The Balaban J connectivity index is 1.58. The van der Waals surface area contributed by atoms with Gasteiger partial charge in [0.1, 0.15) is 5.75 Å². The fraction of sp³-hybridized carbons (Fsp3) is 0.462. The minimum Gasteiger partial charge on any atom is -0.484 e. The second kappa shape index (κ2) is 12.1. The van der Waals surface area contributed by atoms with Crippen LogP contribution in [-0.2, 0) is 22.3 Å². The van der Waals surface area contributed by atoms with E-state index in [0.717, 1.165) is 12.1 Å². The van der Waals surface area contributed by atoms with E-state index in [2.05, 4.69) is 0 Å². The van der Waals surface area contributed by atoms with Crippen LogP contribution in [0.1, 0.15) is 24.0 Å². The first-order valence-corrected chi connectivity index (χ1v) is 11.7. The molecule has 2 amide bonds. The summed E-state index contributed by atoms with van der Waals surface area (Å²) in [4.78, 5) is 31.1. The van der Waals surface area contributed by atoms with E-state index in [0.29, 0.717) is 50.3 Å². The Hall–Kier alpha value is -3.07. The third kappa shape index (κ3) is 7.99. The number of ether oxygens (including phenoxy) is 1. The summed E-state index contributed by atoms with van der Waals surface area (Å²) in [5.41, 5.74) is -0.280. The maximum absolute atomic E-state index is 13.3. The molecule has 2 aromatic rings. The Morgan fingerprint density at radius 2 is 1.69 bits per heavy atom. The van der Waals surface area contributed by atoms with E-state index in [1.807, 2.05) is 37.2 Å². The highest BCUT2D eigenvalue weighted by molar-refractivity contribution is 5.80. The number of halogens is 3. The zero-order chi connectivity index (χ0) is 25.4. The Bertz CT molecular complexity index is 975. The molecule has 0 unspecified atom stereocenters. The first-order chi connectivity index (χ1) is 16.6. The molecule has 0 N–H and O–H groups in total. The van der Waals surface area contributed by atoms with Crippen molar-refractivity contribution in [3.05, 3.63) is 65.7 Å². The van der Waals surface area contributed by atoms with Gasteiger partial charge in [-0.2, -0.15) is 13.2 Å². The standard InChI is InChI=1S/C26H32F3N3O3/c1-30(2)15-16-32(18-20-7-6-8-22(17-20)26(27,28)29)25(34)21-11-13-31(14-12-21)24(33)19-35-23-9-4-3-5-10-23/h3-10,17,21H,11-16,18-19H2,1-2H3. The van der Waals surface area contributed by atoms with Gasteiger partial charge in [-0.3, -0.25) is 9.59 Å². The monoisotopic (exact) mass is 491 g/mol. The van der Waals surface area contributed by atoms with Gasteiger partial charge >= 0.3 is 6.18 Å². The number of hydrogen-bond acceptors (Lipinski definition) is 4. The summed E-state index contributed by atoms with van der Waals surface area (Å²) in [7, 11) is 3.77. The number of carbonyl (C=O) groups is 2. The van der Waals surface area contributed by atoms with E-state index in [4.69, 9.17) is 4.74 Å². The van der Waals surface area contributed by atoms with Crippen LogP contribution in [0.4, 0.5) is 13.2 Å². The van der Waals surface area contributed by atoms with Gasteiger partial charge in [0.2, 0.25) is 5.91 Å². The second-order valence-corrected chi connectivity index (χ2v) is 9.02. The highest BCUT2D eigenvalue weighted by Gasteiger charge is 2.32. The molecule has 0 aliphatic carbocycles. The predicted octanol–water partition coefficient (Wildman–Crippen LogP) is 3.91. The van der Waals surface area contributed by atoms with Gasteiger partial charge < -0.3 is 19.4 Å². The topological polar surface area (TPSA) is 53.1 Å².